The van der Waals surface area contributed by atoms with Gasteiger partial charge < -0.3 is 24.5 Å². The number of nitrogens with one attached hydrogen (secondary N) is 2. The van der Waals surface area contributed by atoms with Gasteiger partial charge in [0.15, 0.2) is 5.96 Å². The molecule has 2 aromatic rings. The average molecular weight is 403 g/mol. The highest BCUT2D eigenvalue weighted by atomic mass is 16.5. The summed E-state index contributed by atoms with van der Waals surface area (Å²) >= 11 is 0. The third-order valence-electron chi connectivity index (χ3n) is 4.15. The maximum absolute atomic E-state index is 5.59. The molecule has 0 atom stereocenters. The Bertz CT molecular complexity index is 713. The predicted molar refractivity (Wildman–Crippen MR) is 116 cm³/mol. The summed E-state index contributed by atoms with van der Waals surface area (Å²) in [6, 6.07) is 8.11. The van der Waals surface area contributed by atoms with E-state index in [1.807, 2.05) is 31.2 Å². The normalized spacial score (nSPS) is 11.6. The summed E-state index contributed by atoms with van der Waals surface area (Å²) in [5.41, 5.74) is 2.96. The van der Waals surface area contributed by atoms with Crippen LogP contribution in [0, 0.1) is 6.92 Å². The molecule has 0 unspecified atom stereocenters. The number of hydrogen-bond donors (Lipinski definition) is 2. The van der Waals surface area contributed by atoms with Gasteiger partial charge in [-0.3, -0.25) is 0 Å². The monoisotopic (exact) mass is 402 g/mol. The van der Waals surface area contributed by atoms with Crippen LogP contribution in [0.5, 0.6) is 0 Å². The number of unbranched alkanes of at least 4 members (excludes halogenated alkanes) is 1. The molecule has 0 saturated carbocycles. The molecule has 1 aromatic carbocycles. The summed E-state index contributed by atoms with van der Waals surface area (Å²) in [6.45, 7) is 10.8. The Balaban J connectivity index is 1.72. The molecule has 160 valence electrons. The van der Waals surface area contributed by atoms with Crippen molar-refractivity contribution in [3.05, 3.63) is 41.8 Å². The van der Waals surface area contributed by atoms with Crippen molar-refractivity contribution in [2.75, 3.05) is 39.5 Å². The van der Waals surface area contributed by atoms with Crippen LogP contribution in [-0.4, -0.2) is 50.5 Å². The van der Waals surface area contributed by atoms with Crippen molar-refractivity contribution in [1.29, 1.82) is 0 Å². The number of nitrogens with zero attached hydrogens (tertiary/aromatic N) is 2. The van der Waals surface area contributed by atoms with Gasteiger partial charge in [-0.15, -0.1) is 0 Å². The Morgan fingerprint density at radius 2 is 1.79 bits per heavy atom. The maximum Gasteiger partial charge on any atom is 0.226 e. The molecule has 0 spiro atoms. The predicted octanol–water partition coefficient (Wildman–Crippen LogP) is 3.54. The molecule has 0 saturated heterocycles. The fraction of sp³-hybridized carbons (Fsp3) is 0.545. The summed E-state index contributed by atoms with van der Waals surface area (Å²) < 4.78 is 16.6. The van der Waals surface area contributed by atoms with Crippen molar-refractivity contribution in [1.82, 2.24) is 15.6 Å². The van der Waals surface area contributed by atoms with Gasteiger partial charge in [0.1, 0.15) is 12.0 Å². The average Bonchev–Trinajstić information content (AvgIpc) is 3.20. The zero-order valence-electron chi connectivity index (χ0n) is 17.9. The Kier molecular flexibility index (Phi) is 10.9. The quantitative estimate of drug-likeness (QED) is 0.303. The molecular formula is C22H34N4O3. The van der Waals surface area contributed by atoms with Crippen molar-refractivity contribution >= 4 is 5.96 Å². The minimum atomic E-state index is 0.441. The summed E-state index contributed by atoms with van der Waals surface area (Å²) in [5, 5.41) is 6.48. The SMILES string of the molecule is CCCCOCCOCCNC(=NCc1coc(-c2ccc(C)cc2)n1)NCC. The van der Waals surface area contributed by atoms with Crippen LogP contribution in [-0.2, 0) is 16.0 Å². The van der Waals surface area contributed by atoms with Gasteiger partial charge in [0.05, 0.1) is 26.4 Å². The first-order valence-corrected chi connectivity index (χ1v) is 10.4. The lowest BCUT2D eigenvalue weighted by Gasteiger charge is -2.11. The van der Waals surface area contributed by atoms with E-state index in [1.165, 1.54) is 5.56 Å². The summed E-state index contributed by atoms with van der Waals surface area (Å²) in [6.07, 6.45) is 3.91. The second kappa shape index (κ2) is 13.7. The fourth-order valence-electron chi connectivity index (χ4n) is 2.52. The van der Waals surface area contributed by atoms with Gasteiger partial charge in [-0.1, -0.05) is 31.0 Å². The molecule has 0 radical (unpaired) electrons. The van der Waals surface area contributed by atoms with E-state index in [2.05, 4.69) is 34.5 Å². The number of oxazole rings is 1. The van der Waals surface area contributed by atoms with Crippen molar-refractivity contribution in [2.24, 2.45) is 4.99 Å². The molecular weight excluding hydrogens is 368 g/mol. The number of ether oxygens (including phenoxy) is 2. The van der Waals surface area contributed by atoms with Crippen LogP contribution < -0.4 is 10.6 Å². The van der Waals surface area contributed by atoms with E-state index in [-0.39, 0.29) is 0 Å². The number of aryl methyl sites for hydroxylation is 1. The molecule has 0 aliphatic heterocycles. The highest BCUT2D eigenvalue weighted by Gasteiger charge is 2.06. The third kappa shape index (κ3) is 9.11. The molecule has 2 rings (SSSR count). The standard InChI is InChI=1S/C22H34N4O3/c1-4-6-12-27-14-15-28-13-11-24-22(23-5-2)25-16-20-17-29-21(26-20)19-9-7-18(3)8-10-19/h7-10,17H,4-6,11-16H2,1-3H3,(H2,23,24,25). The Morgan fingerprint density at radius 1 is 1.03 bits per heavy atom. The minimum absolute atomic E-state index is 0.441. The fourth-order valence-corrected chi connectivity index (χ4v) is 2.52. The van der Waals surface area contributed by atoms with Crippen molar-refractivity contribution in [3.8, 4) is 11.5 Å². The minimum Gasteiger partial charge on any atom is -0.444 e. The zero-order chi connectivity index (χ0) is 20.7. The lowest BCUT2D eigenvalue weighted by molar-refractivity contribution is 0.0487. The van der Waals surface area contributed by atoms with Crippen molar-refractivity contribution in [2.45, 2.75) is 40.2 Å². The molecule has 2 N–H and O–H groups in total. The number of aliphatic imine (C=N–C) groups is 1. The molecule has 7 heteroatoms. The van der Waals surface area contributed by atoms with Gasteiger partial charge in [0.25, 0.3) is 0 Å². The molecule has 0 fully saturated rings. The molecule has 1 heterocycles. The Morgan fingerprint density at radius 3 is 2.52 bits per heavy atom. The summed E-state index contributed by atoms with van der Waals surface area (Å²) in [7, 11) is 0. The zero-order valence-corrected chi connectivity index (χ0v) is 17.9. The van der Waals surface area contributed by atoms with Crippen LogP contribution in [0.3, 0.4) is 0 Å². The number of hydrogen-bond acceptors (Lipinski definition) is 5. The van der Waals surface area contributed by atoms with Gasteiger partial charge in [-0.25, -0.2) is 9.98 Å². The highest BCUT2D eigenvalue weighted by molar-refractivity contribution is 5.79. The first kappa shape index (κ1) is 22.9. The number of aromatic nitrogens is 1. The second-order valence-corrected chi connectivity index (χ2v) is 6.71. The van der Waals surface area contributed by atoms with E-state index in [0.717, 1.165) is 43.2 Å². The summed E-state index contributed by atoms with van der Waals surface area (Å²) in [5.74, 6) is 1.35. The third-order valence-corrected chi connectivity index (χ3v) is 4.15. The Labute approximate surface area is 173 Å². The topological polar surface area (TPSA) is 80.9 Å². The van der Waals surface area contributed by atoms with Crippen LogP contribution in [0.25, 0.3) is 11.5 Å². The highest BCUT2D eigenvalue weighted by Crippen LogP contribution is 2.19. The van der Waals surface area contributed by atoms with E-state index in [4.69, 9.17) is 13.9 Å². The van der Waals surface area contributed by atoms with Gasteiger partial charge in [-0.05, 0) is 32.4 Å². The first-order valence-electron chi connectivity index (χ1n) is 10.4. The van der Waals surface area contributed by atoms with Gasteiger partial charge in [-0.2, -0.15) is 0 Å². The van der Waals surface area contributed by atoms with E-state index >= 15 is 0 Å². The van der Waals surface area contributed by atoms with Crippen LogP contribution in [0.15, 0.2) is 39.9 Å². The molecule has 29 heavy (non-hydrogen) atoms. The molecule has 0 amide bonds. The van der Waals surface area contributed by atoms with Crippen LogP contribution in [0.1, 0.15) is 37.9 Å². The molecule has 0 bridgehead atoms. The molecule has 0 aliphatic rings. The molecule has 1 aromatic heterocycles. The van der Waals surface area contributed by atoms with Gasteiger partial charge in [0.2, 0.25) is 5.89 Å². The van der Waals surface area contributed by atoms with E-state index in [9.17, 15) is 0 Å². The van der Waals surface area contributed by atoms with Gasteiger partial charge >= 0.3 is 0 Å². The number of guanidine groups is 1. The number of benzene rings is 1. The second-order valence-electron chi connectivity index (χ2n) is 6.71. The van der Waals surface area contributed by atoms with Gasteiger partial charge in [0, 0.05) is 25.3 Å². The van der Waals surface area contributed by atoms with Crippen LogP contribution >= 0.6 is 0 Å². The summed E-state index contributed by atoms with van der Waals surface area (Å²) in [4.78, 5) is 9.09. The van der Waals surface area contributed by atoms with Crippen LogP contribution in [0.4, 0.5) is 0 Å². The number of rotatable bonds is 13. The largest absolute Gasteiger partial charge is 0.444 e. The van der Waals surface area contributed by atoms with E-state index in [0.29, 0.717) is 38.8 Å². The van der Waals surface area contributed by atoms with Crippen LogP contribution in [0.2, 0.25) is 0 Å². The van der Waals surface area contributed by atoms with Crippen molar-refractivity contribution < 1.29 is 13.9 Å². The van der Waals surface area contributed by atoms with Crippen molar-refractivity contribution in [3.63, 3.8) is 0 Å². The Hall–Kier alpha value is -2.38. The maximum atomic E-state index is 5.59. The van der Waals surface area contributed by atoms with E-state index in [1.54, 1.807) is 6.26 Å². The smallest absolute Gasteiger partial charge is 0.226 e. The molecule has 7 nitrogen and oxygen atoms in total. The first-order chi connectivity index (χ1) is 14.2. The lowest BCUT2D eigenvalue weighted by atomic mass is 10.1. The van der Waals surface area contributed by atoms with E-state index < -0.39 is 0 Å². The lowest BCUT2D eigenvalue weighted by Crippen LogP contribution is -2.39. The molecule has 0 aliphatic carbocycles.